The number of allylic oxidation sites excluding steroid dienone is 2. The number of rotatable bonds is 1. The van der Waals surface area contributed by atoms with Gasteiger partial charge in [0.1, 0.15) is 5.78 Å². The highest BCUT2D eigenvalue weighted by molar-refractivity contribution is 5.80. The number of fused-ring (bicyclic) bond motifs is 5. The van der Waals surface area contributed by atoms with Crippen LogP contribution in [-0.2, 0) is 4.79 Å². The average Bonchev–Trinajstić information content (AvgIpc) is 2.78. The van der Waals surface area contributed by atoms with Crippen LogP contribution in [0.25, 0.3) is 0 Å². The summed E-state index contributed by atoms with van der Waals surface area (Å²) in [6.07, 6.45) is 12.7. The standard InChI is InChI=1S/C21H32O2/c1-14(22)16-10-13-21(23)18-8-7-15-6-4-5-11-19(15,2)17(18)9-12-20(16,21)3/h7,16-18,23H,4-6,8-13H2,1-3H3/t16-,17+,18-,19+,20-,21+/m1/s1. The lowest BCUT2D eigenvalue weighted by atomic mass is 9.46. The van der Waals surface area contributed by atoms with Gasteiger partial charge in [0, 0.05) is 11.3 Å². The molecule has 2 heteroatoms. The molecule has 0 aromatic rings. The molecule has 6 atom stereocenters. The number of ketones is 1. The number of hydrogen-bond donors (Lipinski definition) is 1. The largest absolute Gasteiger partial charge is 0.389 e. The van der Waals surface area contributed by atoms with Crippen molar-refractivity contribution in [2.75, 3.05) is 0 Å². The molecule has 23 heavy (non-hydrogen) atoms. The number of carbonyl (C=O) groups is 1. The highest BCUT2D eigenvalue weighted by atomic mass is 16.3. The molecule has 0 aliphatic heterocycles. The Balaban J connectivity index is 1.74. The van der Waals surface area contributed by atoms with Gasteiger partial charge in [0.2, 0.25) is 0 Å². The van der Waals surface area contributed by atoms with Crippen LogP contribution < -0.4 is 0 Å². The molecular weight excluding hydrogens is 284 g/mol. The first-order valence-electron chi connectivity index (χ1n) is 9.75. The summed E-state index contributed by atoms with van der Waals surface area (Å²) in [6, 6.07) is 0. The third-order valence-electron chi connectivity index (χ3n) is 8.70. The highest BCUT2D eigenvalue weighted by Gasteiger charge is 2.66. The fraction of sp³-hybridized carbons (Fsp3) is 0.857. The molecule has 128 valence electrons. The summed E-state index contributed by atoms with van der Waals surface area (Å²) < 4.78 is 0. The summed E-state index contributed by atoms with van der Waals surface area (Å²) in [4.78, 5) is 12.2. The lowest BCUT2D eigenvalue weighted by molar-refractivity contribution is -0.180. The van der Waals surface area contributed by atoms with E-state index < -0.39 is 5.60 Å². The molecule has 0 radical (unpaired) electrons. The minimum absolute atomic E-state index is 0.0676. The maximum atomic E-state index is 12.2. The highest BCUT2D eigenvalue weighted by Crippen LogP contribution is 2.67. The zero-order valence-corrected chi connectivity index (χ0v) is 15.0. The fourth-order valence-electron chi connectivity index (χ4n) is 7.31. The Labute approximate surface area is 140 Å². The van der Waals surface area contributed by atoms with Gasteiger partial charge in [0.05, 0.1) is 5.60 Å². The summed E-state index contributed by atoms with van der Waals surface area (Å²) in [5.74, 6) is 1.33. The van der Waals surface area contributed by atoms with Crippen LogP contribution in [0, 0.1) is 28.6 Å². The van der Waals surface area contributed by atoms with E-state index in [1.54, 1.807) is 12.5 Å². The smallest absolute Gasteiger partial charge is 0.133 e. The van der Waals surface area contributed by atoms with Crippen LogP contribution in [0.15, 0.2) is 11.6 Å². The summed E-state index contributed by atoms with van der Waals surface area (Å²) in [7, 11) is 0. The fourth-order valence-corrected chi connectivity index (χ4v) is 7.31. The number of Topliss-reactive ketones (excluding diaryl/α,β-unsaturated/α-hetero) is 1. The monoisotopic (exact) mass is 316 g/mol. The van der Waals surface area contributed by atoms with E-state index in [1.807, 2.05) is 0 Å². The maximum Gasteiger partial charge on any atom is 0.133 e. The maximum absolute atomic E-state index is 12.2. The van der Waals surface area contributed by atoms with Crippen molar-refractivity contribution >= 4 is 5.78 Å². The summed E-state index contributed by atoms with van der Waals surface area (Å²) >= 11 is 0. The summed E-state index contributed by atoms with van der Waals surface area (Å²) in [6.45, 7) is 6.41. The quantitative estimate of drug-likeness (QED) is 0.714. The molecule has 0 unspecified atom stereocenters. The number of aliphatic hydroxyl groups is 1. The van der Waals surface area contributed by atoms with Gasteiger partial charge in [-0.3, -0.25) is 4.79 Å². The van der Waals surface area contributed by atoms with Crippen molar-refractivity contribution in [3.8, 4) is 0 Å². The molecule has 0 spiro atoms. The Kier molecular flexibility index (Phi) is 3.41. The molecule has 4 rings (SSSR count). The van der Waals surface area contributed by atoms with Gasteiger partial charge in [-0.1, -0.05) is 31.9 Å². The van der Waals surface area contributed by atoms with E-state index in [0.29, 0.717) is 17.3 Å². The van der Waals surface area contributed by atoms with Crippen LogP contribution in [-0.4, -0.2) is 16.5 Å². The van der Waals surface area contributed by atoms with Gasteiger partial charge in [0.25, 0.3) is 0 Å². The van der Waals surface area contributed by atoms with E-state index in [-0.39, 0.29) is 17.1 Å². The van der Waals surface area contributed by atoms with Crippen LogP contribution in [0.1, 0.15) is 78.6 Å². The van der Waals surface area contributed by atoms with Gasteiger partial charge in [-0.05, 0) is 75.5 Å². The Morgan fingerprint density at radius 1 is 1.13 bits per heavy atom. The summed E-state index contributed by atoms with van der Waals surface area (Å²) in [5, 5.41) is 11.8. The van der Waals surface area contributed by atoms with Crippen molar-refractivity contribution in [3.63, 3.8) is 0 Å². The third-order valence-corrected chi connectivity index (χ3v) is 8.70. The Hall–Kier alpha value is -0.630. The molecule has 1 N–H and O–H groups in total. The molecule has 0 bridgehead atoms. The van der Waals surface area contributed by atoms with Gasteiger partial charge < -0.3 is 5.11 Å². The van der Waals surface area contributed by atoms with Gasteiger partial charge in [-0.15, -0.1) is 0 Å². The third kappa shape index (κ3) is 1.88. The van der Waals surface area contributed by atoms with Crippen molar-refractivity contribution in [2.24, 2.45) is 28.6 Å². The molecule has 3 saturated carbocycles. The van der Waals surface area contributed by atoms with Crippen molar-refractivity contribution in [3.05, 3.63) is 11.6 Å². The molecule has 4 aliphatic carbocycles. The topological polar surface area (TPSA) is 37.3 Å². The predicted octanol–water partition coefficient (Wildman–Crippen LogP) is 4.66. The zero-order valence-electron chi connectivity index (χ0n) is 15.0. The van der Waals surface area contributed by atoms with Crippen molar-refractivity contribution in [1.29, 1.82) is 0 Å². The molecule has 0 aromatic carbocycles. The van der Waals surface area contributed by atoms with E-state index in [2.05, 4.69) is 19.9 Å². The van der Waals surface area contributed by atoms with Crippen LogP contribution in [0.5, 0.6) is 0 Å². The average molecular weight is 316 g/mol. The first-order valence-corrected chi connectivity index (χ1v) is 9.75. The molecule has 4 aliphatic rings. The van der Waals surface area contributed by atoms with Crippen LogP contribution in [0.2, 0.25) is 0 Å². The van der Waals surface area contributed by atoms with E-state index in [9.17, 15) is 9.90 Å². The molecule has 0 heterocycles. The zero-order chi connectivity index (χ0) is 16.5. The SMILES string of the molecule is CC(=O)[C@H]1CC[C@]2(O)[C@@H]3CC=C4CCCC[C@]4(C)[C@H]3CC[C@]12C. The molecule has 3 fully saturated rings. The minimum Gasteiger partial charge on any atom is -0.389 e. The van der Waals surface area contributed by atoms with E-state index in [4.69, 9.17) is 0 Å². The molecule has 2 nitrogen and oxygen atoms in total. The molecule has 0 aromatic heterocycles. The lowest BCUT2D eigenvalue weighted by Crippen LogP contribution is -2.60. The van der Waals surface area contributed by atoms with E-state index in [0.717, 1.165) is 25.7 Å². The first-order chi connectivity index (χ1) is 10.8. The van der Waals surface area contributed by atoms with Gasteiger partial charge in [-0.2, -0.15) is 0 Å². The van der Waals surface area contributed by atoms with Crippen LogP contribution in [0.4, 0.5) is 0 Å². The van der Waals surface area contributed by atoms with Crippen molar-refractivity contribution in [2.45, 2.75) is 84.2 Å². The van der Waals surface area contributed by atoms with Gasteiger partial charge in [0.15, 0.2) is 0 Å². The molecule has 0 saturated heterocycles. The Morgan fingerprint density at radius 2 is 1.91 bits per heavy atom. The first kappa shape index (κ1) is 15.9. The second-order valence-electron chi connectivity index (χ2n) is 9.38. The van der Waals surface area contributed by atoms with E-state index in [1.165, 1.54) is 32.1 Å². The number of carbonyl (C=O) groups excluding carboxylic acids is 1. The van der Waals surface area contributed by atoms with Crippen molar-refractivity contribution < 1.29 is 9.90 Å². The van der Waals surface area contributed by atoms with E-state index >= 15 is 0 Å². The van der Waals surface area contributed by atoms with Crippen LogP contribution in [0.3, 0.4) is 0 Å². The Morgan fingerprint density at radius 3 is 2.65 bits per heavy atom. The summed E-state index contributed by atoms with van der Waals surface area (Å²) in [5.41, 5.74) is 1.16. The van der Waals surface area contributed by atoms with Crippen molar-refractivity contribution in [1.82, 2.24) is 0 Å². The molecule has 0 amide bonds. The number of hydrogen-bond acceptors (Lipinski definition) is 2. The van der Waals surface area contributed by atoms with Gasteiger partial charge >= 0.3 is 0 Å². The van der Waals surface area contributed by atoms with Crippen LogP contribution >= 0.6 is 0 Å². The predicted molar refractivity (Wildman–Crippen MR) is 92.0 cm³/mol. The second kappa shape index (κ2) is 4.94. The normalized spacial score (nSPS) is 52.2. The molecular formula is C21H32O2. The minimum atomic E-state index is -0.630. The second-order valence-corrected chi connectivity index (χ2v) is 9.38. The van der Waals surface area contributed by atoms with Gasteiger partial charge in [-0.25, -0.2) is 0 Å². The Bertz CT molecular complexity index is 564. The lowest BCUT2D eigenvalue weighted by Gasteiger charge is -2.60.